The first kappa shape index (κ1) is 6.82. The van der Waals surface area contributed by atoms with Gasteiger partial charge in [0.2, 0.25) is 0 Å². The van der Waals surface area contributed by atoms with Crippen molar-refractivity contribution < 1.29 is 0 Å². The Balaban J connectivity index is 2.55. The zero-order valence-electron chi connectivity index (χ0n) is 5.60. The van der Waals surface area contributed by atoms with E-state index in [2.05, 4.69) is 15.2 Å². The van der Waals surface area contributed by atoms with E-state index in [1.807, 2.05) is 6.92 Å². The summed E-state index contributed by atoms with van der Waals surface area (Å²) in [5, 5.41) is 8.07. The van der Waals surface area contributed by atoms with Crippen molar-refractivity contribution >= 4 is 0 Å². The lowest BCUT2D eigenvalue weighted by molar-refractivity contribution is 0.0210. The van der Waals surface area contributed by atoms with Crippen LogP contribution < -0.4 is 0 Å². The van der Waals surface area contributed by atoms with Crippen molar-refractivity contribution in [3.05, 3.63) is 10.4 Å². The number of rotatable bonds is 2. The van der Waals surface area contributed by atoms with Crippen LogP contribution >= 0.6 is 0 Å². The molecule has 0 aromatic heterocycles. The first-order chi connectivity index (χ1) is 4.79. The monoisotopic (exact) mass is 140 g/mol. The summed E-state index contributed by atoms with van der Waals surface area (Å²) in [5.41, 5.74) is 14.7. The average Bonchev–Trinajstić information content (AvgIpc) is 1.95. The van der Waals surface area contributed by atoms with Gasteiger partial charge in [0.25, 0.3) is 0 Å². The van der Waals surface area contributed by atoms with E-state index in [0.29, 0.717) is 12.5 Å². The first-order valence-electron chi connectivity index (χ1n) is 2.98. The highest BCUT2D eigenvalue weighted by molar-refractivity contribution is 4.84. The van der Waals surface area contributed by atoms with E-state index in [-0.39, 0.29) is 6.17 Å². The zero-order chi connectivity index (χ0) is 7.56. The number of nitrogens with one attached hydrogen (secondary N) is 1. The lowest BCUT2D eigenvalue weighted by Gasteiger charge is -2.39. The van der Waals surface area contributed by atoms with E-state index >= 15 is 0 Å². The molecule has 1 N–H and O–H groups in total. The van der Waals surface area contributed by atoms with Crippen LogP contribution in [0.2, 0.25) is 0 Å². The van der Waals surface area contributed by atoms with Crippen LogP contribution in [-0.4, -0.2) is 17.7 Å². The maximum Gasteiger partial charge on any atom is 0.132 e. The lowest BCUT2D eigenvalue weighted by Crippen LogP contribution is -2.49. The third kappa shape index (κ3) is 0.886. The summed E-state index contributed by atoms with van der Waals surface area (Å²) in [5.74, 6) is 0.324. The Morgan fingerprint density at radius 1 is 1.80 bits per heavy atom. The van der Waals surface area contributed by atoms with Crippen LogP contribution in [0.25, 0.3) is 10.4 Å². The fraction of sp³-hybridized carbons (Fsp3) is 1.00. The van der Waals surface area contributed by atoms with Gasteiger partial charge in [0.05, 0.1) is 0 Å². The molecule has 1 saturated heterocycles. The van der Waals surface area contributed by atoms with Crippen LogP contribution in [0.5, 0.6) is 0 Å². The normalized spacial score (nSPS) is 30.3. The Hall–Kier alpha value is -1.29. The minimum absolute atomic E-state index is 0.234. The molecule has 6 nitrogen and oxygen atoms in total. The van der Waals surface area contributed by atoms with E-state index < -0.39 is 0 Å². The van der Waals surface area contributed by atoms with Gasteiger partial charge in [0, 0.05) is 17.4 Å². The van der Waals surface area contributed by atoms with Gasteiger partial charge in [0.15, 0.2) is 0 Å². The molecule has 0 amide bonds. The van der Waals surface area contributed by atoms with Crippen molar-refractivity contribution in [2.24, 2.45) is 16.3 Å². The first-order valence-corrected chi connectivity index (χ1v) is 2.98. The molecule has 6 heteroatoms. The van der Waals surface area contributed by atoms with Gasteiger partial charge in [-0.25, -0.2) is 0 Å². The van der Waals surface area contributed by atoms with Crippen LogP contribution in [0.15, 0.2) is 10.3 Å². The molecule has 0 radical (unpaired) electrons. The third-order valence-corrected chi connectivity index (χ3v) is 1.59. The van der Waals surface area contributed by atoms with Crippen LogP contribution in [-0.2, 0) is 0 Å². The van der Waals surface area contributed by atoms with Crippen LogP contribution in [0, 0.1) is 11.4 Å². The molecule has 1 aliphatic heterocycles. The fourth-order valence-electron chi connectivity index (χ4n) is 0.979. The second-order valence-electron chi connectivity index (χ2n) is 2.32. The highest BCUT2D eigenvalue weighted by atomic mass is 15.6. The maximum absolute atomic E-state index is 8.06. The lowest BCUT2D eigenvalue weighted by atomic mass is 10.0. The minimum atomic E-state index is -0.234. The average molecular weight is 140 g/mol. The molecule has 54 valence electrons. The molecule has 1 fully saturated rings. The van der Waals surface area contributed by atoms with Gasteiger partial charge in [-0.15, -0.1) is 0 Å². The summed E-state index contributed by atoms with van der Waals surface area (Å²) in [7, 11) is 0. The standard InChI is InChI=1S/C4H8N6/c1-3-2-10(9-6)4(3)7-8-5/h3-4,6H,2H2,1H3/t3?,4-/m0/s1. The molecule has 0 bridgehead atoms. The Bertz CT molecular complexity index is 182. The van der Waals surface area contributed by atoms with Gasteiger partial charge in [0.1, 0.15) is 6.17 Å². The molecule has 1 aliphatic rings. The number of hydrogen-bond donors (Lipinski definition) is 1. The van der Waals surface area contributed by atoms with Gasteiger partial charge in [-0.2, -0.15) is 5.53 Å². The molecule has 0 aliphatic carbocycles. The van der Waals surface area contributed by atoms with Crippen molar-refractivity contribution in [1.82, 2.24) is 5.01 Å². The quantitative estimate of drug-likeness (QED) is 0.351. The summed E-state index contributed by atoms with van der Waals surface area (Å²) in [6.45, 7) is 2.67. The smallest absolute Gasteiger partial charge is 0.132 e. The van der Waals surface area contributed by atoms with Gasteiger partial charge in [-0.3, -0.25) is 5.01 Å². The van der Waals surface area contributed by atoms with E-state index in [0.717, 1.165) is 0 Å². The maximum atomic E-state index is 8.06. The van der Waals surface area contributed by atoms with Gasteiger partial charge < -0.3 is 0 Å². The highest BCUT2D eigenvalue weighted by Gasteiger charge is 2.34. The number of nitrogens with zero attached hydrogens (tertiary/aromatic N) is 5. The zero-order valence-corrected chi connectivity index (χ0v) is 5.60. The SMILES string of the molecule is CC1CN(N=N)[C@@H]1N=[N+]=[N-]. The predicted octanol–water partition coefficient (Wildman–Crippen LogP) is 1.52. The van der Waals surface area contributed by atoms with Crippen molar-refractivity contribution in [3.63, 3.8) is 0 Å². The van der Waals surface area contributed by atoms with Crippen molar-refractivity contribution in [3.8, 4) is 0 Å². The number of azide groups is 1. The summed E-state index contributed by atoms with van der Waals surface area (Å²) >= 11 is 0. The molecule has 10 heavy (non-hydrogen) atoms. The second kappa shape index (κ2) is 2.53. The number of hydrogen-bond acceptors (Lipinski definition) is 3. The molecule has 1 rings (SSSR count). The van der Waals surface area contributed by atoms with Gasteiger partial charge in [-0.05, 0) is 5.53 Å². The second-order valence-corrected chi connectivity index (χ2v) is 2.32. The highest BCUT2D eigenvalue weighted by Crippen LogP contribution is 2.25. The molecule has 1 unspecified atom stereocenters. The van der Waals surface area contributed by atoms with Crippen LogP contribution in [0.3, 0.4) is 0 Å². The van der Waals surface area contributed by atoms with Crippen LogP contribution in [0.4, 0.5) is 0 Å². The Labute approximate surface area is 57.9 Å². The van der Waals surface area contributed by atoms with Crippen molar-refractivity contribution in [2.45, 2.75) is 13.1 Å². The molecule has 0 aromatic rings. The summed E-state index contributed by atoms with van der Waals surface area (Å²) < 4.78 is 0. The van der Waals surface area contributed by atoms with E-state index in [9.17, 15) is 0 Å². The predicted molar refractivity (Wildman–Crippen MR) is 34.0 cm³/mol. The summed E-state index contributed by atoms with van der Waals surface area (Å²) in [6, 6.07) is 0. The molecule has 2 atom stereocenters. The van der Waals surface area contributed by atoms with Gasteiger partial charge >= 0.3 is 0 Å². The molecule has 0 saturated carbocycles. The largest absolute Gasteiger partial charge is 0.269 e. The summed E-state index contributed by atoms with van der Waals surface area (Å²) in [4.78, 5) is 2.65. The Morgan fingerprint density at radius 3 is 2.90 bits per heavy atom. The topological polar surface area (TPSA) is 88.2 Å². The van der Waals surface area contributed by atoms with E-state index in [1.165, 1.54) is 5.01 Å². The molecule has 0 spiro atoms. The Morgan fingerprint density at radius 2 is 2.50 bits per heavy atom. The van der Waals surface area contributed by atoms with E-state index in [1.54, 1.807) is 0 Å². The van der Waals surface area contributed by atoms with Gasteiger partial charge in [-0.1, -0.05) is 17.3 Å². The Kier molecular flexibility index (Phi) is 1.73. The fourth-order valence-corrected chi connectivity index (χ4v) is 0.979. The van der Waals surface area contributed by atoms with E-state index in [4.69, 9.17) is 11.1 Å². The molecular weight excluding hydrogens is 132 g/mol. The molecule has 1 heterocycles. The van der Waals surface area contributed by atoms with Crippen molar-refractivity contribution in [1.29, 1.82) is 5.53 Å². The van der Waals surface area contributed by atoms with Crippen molar-refractivity contribution in [2.75, 3.05) is 6.54 Å². The van der Waals surface area contributed by atoms with Crippen LogP contribution in [0.1, 0.15) is 6.92 Å². The molecular formula is C4H8N6. The molecule has 0 aromatic carbocycles. The minimum Gasteiger partial charge on any atom is -0.269 e. The summed E-state index contributed by atoms with van der Waals surface area (Å²) in [6.07, 6.45) is -0.234. The third-order valence-electron chi connectivity index (χ3n) is 1.59.